The van der Waals surface area contributed by atoms with Crippen molar-refractivity contribution >= 4 is 11.6 Å². The smallest absolute Gasteiger partial charge is 0.0926 e. The monoisotopic (exact) mass is 292 g/mol. The average Bonchev–Trinajstić information content (AvgIpc) is 2.59. The van der Waals surface area contributed by atoms with Crippen molar-refractivity contribution < 1.29 is 5.11 Å². The Morgan fingerprint density at radius 1 is 1.30 bits per heavy atom. The largest absolute Gasteiger partial charge is 0.385 e. The van der Waals surface area contributed by atoms with Crippen LogP contribution in [0.2, 0.25) is 5.02 Å². The van der Waals surface area contributed by atoms with Crippen molar-refractivity contribution in [2.75, 3.05) is 0 Å². The molecule has 0 bridgehead atoms. The molecule has 4 heteroatoms. The Bertz CT molecular complexity index is 644. The molecule has 0 saturated carbocycles. The van der Waals surface area contributed by atoms with Crippen LogP contribution < -0.4 is 0 Å². The summed E-state index contributed by atoms with van der Waals surface area (Å²) < 4.78 is 1.75. The van der Waals surface area contributed by atoms with E-state index in [9.17, 15) is 5.11 Å². The van der Waals surface area contributed by atoms with Crippen molar-refractivity contribution in [1.82, 2.24) is 9.78 Å². The number of aromatic nitrogens is 2. The standard InChI is InChI=1S/C16H21ClN2O/c1-10-6-7-11(2)13(8-10)16(4,20)9-14-15(17)12(3)18-19(14)5/h6-8,20H,9H2,1-5H3. The van der Waals surface area contributed by atoms with E-state index < -0.39 is 5.60 Å². The van der Waals surface area contributed by atoms with Gasteiger partial charge in [-0.15, -0.1) is 0 Å². The van der Waals surface area contributed by atoms with Gasteiger partial charge in [0.05, 0.1) is 22.0 Å². The first-order valence-corrected chi connectivity index (χ1v) is 7.08. The minimum absolute atomic E-state index is 0.438. The molecule has 1 heterocycles. The second-order valence-electron chi connectivity index (χ2n) is 5.74. The molecule has 2 aromatic rings. The van der Waals surface area contributed by atoms with Crippen LogP contribution in [0.3, 0.4) is 0 Å². The highest BCUT2D eigenvalue weighted by molar-refractivity contribution is 6.31. The van der Waals surface area contributed by atoms with Gasteiger partial charge in [0.15, 0.2) is 0 Å². The molecule has 20 heavy (non-hydrogen) atoms. The lowest BCUT2D eigenvalue weighted by Crippen LogP contribution is -2.27. The van der Waals surface area contributed by atoms with E-state index >= 15 is 0 Å². The number of nitrogens with zero attached hydrogens (tertiary/aromatic N) is 2. The highest BCUT2D eigenvalue weighted by Crippen LogP contribution is 2.31. The molecule has 0 radical (unpaired) electrons. The summed E-state index contributed by atoms with van der Waals surface area (Å²) in [5.74, 6) is 0. The summed E-state index contributed by atoms with van der Waals surface area (Å²) in [4.78, 5) is 0. The Balaban J connectivity index is 2.42. The second kappa shape index (κ2) is 5.23. The van der Waals surface area contributed by atoms with Crippen LogP contribution in [0.15, 0.2) is 18.2 Å². The van der Waals surface area contributed by atoms with Crippen LogP contribution in [0.5, 0.6) is 0 Å². The van der Waals surface area contributed by atoms with Gasteiger partial charge >= 0.3 is 0 Å². The Morgan fingerprint density at radius 2 is 1.95 bits per heavy atom. The normalized spacial score (nSPS) is 14.3. The van der Waals surface area contributed by atoms with Gasteiger partial charge < -0.3 is 5.11 Å². The first-order valence-electron chi connectivity index (χ1n) is 6.70. The Labute approximate surface area is 125 Å². The van der Waals surface area contributed by atoms with E-state index in [2.05, 4.69) is 11.2 Å². The molecule has 0 aliphatic carbocycles. The molecule has 0 fully saturated rings. The zero-order chi connectivity index (χ0) is 15.1. The third-order valence-electron chi connectivity index (χ3n) is 3.75. The maximum atomic E-state index is 10.9. The van der Waals surface area contributed by atoms with Gasteiger partial charge in [0.1, 0.15) is 0 Å². The van der Waals surface area contributed by atoms with Crippen LogP contribution in [0.4, 0.5) is 0 Å². The Morgan fingerprint density at radius 3 is 2.50 bits per heavy atom. The molecule has 1 atom stereocenters. The number of benzene rings is 1. The predicted octanol–water partition coefficient (Wildman–Crippen LogP) is 3.45. The van der Waals surface area contributed by atoms with Gasteiger partial charge in [-0.2, -0.15) is 5.10 Å². The predicted molar refractivity (Wildman–Crippen MR) is 82.1 cm³/mol. The number of halogens is 1. The van der Waals surface area contributed by atoms with Crippen molar-refractivity contribution in [3.05, 3.63) is 51.3 Å². The fourth-order valence-corrected chi connectivity index (χ4v) is 2.84. The molecular weight excluding hydrogens is 272 g/mol. The summed E-state index contributed by atoms with van der Waals surface area (Å²) >= 11 is 6.28. The summed E-state index contributed by atoms with van der Waals surface area (Å²) in [7, 11) is 1.85. The number of hydrogen-bond donors (Lipinski definition) is 1. The van der Waals surface area contributed by atoms with Crippen LogP contribution >= 0.6 is 11.6 Å². The van der Waals surface area contributed by atoms with Gasteiger partial charge in [0.2, 0.25) is 0 Å². The van der Waals surface area contributed by atoms with Crippen LogP contribution in [-0.2, 0) is 19.1 Å². The number of rotatable bonds is 3. The highest BCUT2D eigenvalue weighted by Gasteiger charge is 2.28. The zero-order valence-electron chi connectivity index (χ0n) is 12.7. The fourth-order valence-electron chi connectivity index (χ4n) is 2.61. The van der Waals surface area contributed by atoms with Crippen molar-refractivity contribution in [1.29, 1.82) is 0 Å². The lowest BCUT2D eigenvalue weighted by Gasteiger charge is -2.26. The summed E-state index contributed by atoms with van der Waals surface area (Å²) in [5.41, 5.74) is 3.83. The van der Waals surface area contributed by atoms with E-state index in [1.165, 1.54) is 0 Å². The van der Waals surface area contributed by atoms with E-state index in [-0.39, 0.29) is 0 Å². The molecular formula is C16H21ClN2O. The summed E-state index contributed by atoms with van der Waals surface area (Å²) in [6.45, 7) is 7.74. The fraction of sp³-hybridized carbons (Fsp3) is 0.438. The van der Waals surface area contributed by atoms with E-state index in [1.807, 2.05) is 46.9 Å². The molecule has 0 aliphatic heterocycles. The van der Waals surface area contributed by atoms with Gasteiger partial charge in [-0.25, -0.2) is 0 Å². The second-order valence-corrected chi connectivity index (χ2v) is 6.12. The van der Waals surface area contributed by atoms with Gasteiger partial charge in [0, 0.05) is 13.5 Å². The molecule has 0 spiro atoms. The lowest BCUT2D eigenvalue weighted by atomic mass is 9.87. The van der Waals surface area contributed by atoms with Crippen molar-refractivity contribution in [2.24, 2.45) is 7.05 Å². The van der Waals surface area contributed by atoms with Crippen molar-refractivity contribution in [3.8, 4) is 0 Å². The minimum Gasteiger partial charge on any atom is -0.385 e. The number of hydrogen-bond acceptors (Lipinski definition) is 2. The summed E-state index contributed by atoms with van der Waals surface area (Å²) in [6, 6.07) is 6.12. The molecule has 108 valence electrons. The highest BCUT2D eigenvalue weighted by atomic mass is 35.5. The molecule has 1 unspecified atom stereocenters. The zero-order valence-corrected chi connectivity index (χ0v) is 13.4. The third-order valence-corrected chi connectivity index (χ3v) is 4.24. The molecule has 0 amide bonds. The topological polar surface area (TPSA) is 38.1 Å². The Kier molecular flexibility index (Phi) is 3.94. The molecule has 1 aromatic heterocycles. The molecule has 1 aromatic carbocycles. The van der Waals surface area contributed by atoms with Gasteiger partial charge in [0.25, 0.3) is 0 Å². The summed E-state index contributed by atoms with van der Waals surface area (Å²) in [5, 5.41) is 15.8. The molecule has 2 rings (SSSR count). The molecule has 1 N–H and O–H groups in total. The van der Waals surface area contributed by atoms with E-state index in [0.717, 1.165) is 28.1 Å². The van der Waals surface area contributed by atoms with Gasteiger partial charge in [-0.3, -0.25) is 4.68 Å². The van der Waals surface area contributed by atoms with E-state index in [0.29, 0.717) is 11.4 Å². The van der Waals surface area contributed by atoms with Crippen LogP contribution in [0, 0.1) is 20.8 Å². The van der Waals surface area contributed by atoms with E-state index in [4.69, 9.17) is 11.6 Å². The van der Waals surface area contributed by atoms with Crippen LogP contribution in [0.1, 0.15) is 35.0 Å². The van der Waals surface area contributed by atoms with Crippen LogP contribution in [-0.4, -0.2) is 14.9 Å². The van der Waals surface area contributed by atoms with Crippen molar-refractivity contribution in [3.63, 3.8) is 0 Å². The first kappa shape index (κ1) is 15.1. The minimum atomic E-state index is -0.972. The first-order chi connectivity index (χ1) is 9.22. The van der Waals surface area contributed by atoms with Gasteiger partial charge in [-0.05, 0) is 38.8 Å². The molecule has 0 aliphatic rings. The maximum Gasteiger partial charge on any atom is 0.0926 e. The number of aryl methyl sites for hydroxylation is 4. The van der Waals surface area contributed by atoms with Crippen molar-refractivity contribution in [2.45, 2.75) is 39.7 Å². The van der Waals surface area contributed by atoms with E-state index in [1.54, 1.807) is 4.68 Å². The number of aliphatic hydroxyl groups is 1. The maximum absolute atomic E-state index is 10.9. The third kappa shape index (κ3) is 2.74. The average molecular weight is 293 g/mol. The van der Waals surface area contributed by atoms with Crippen LogP contribution in [0.25, 0.3) is 0 Å². The molecule has 0 saturated heterocycles. The summed E-state index contributed by atoms with van der Waals surface area (Å²) in [6.07, 6.45) is 0.438. The molecule has 3 nitrogen and oxygen atoms in total. The SMILES string of the molecule is Cc1ccc(C)c(C(C)(O)Cc2c(Cl)c(C)nn2C)c1. The quantitative estimate of drug-likeness (QED) is 0.941. The van der Waals surface area contributed by atoms with Gasteiger partial charge in [-0.1, -0.05) is 35.4 Å². The lowest BCUT2D eigenvalue weighted by molar-refractivity contribution is 0.0549. The Hall–Kier alpha value is -1.32.